The van der Waals surface area contributed by atoms with E-state index in [9.17, 15) is 26.8 Å². The minimum absolute atomic E-state index is 0.0342. The van der Waals surface area contributed by atoms with Crippen LogP contribution in [-0.4, -0.2) is 46.8 Å². The summed E-state index contributed by atoms with van der Waals surface area (Å²) >= 11 is 0. The molecule has 0 fully saturated rings. The number of benzene rings is 3. The zero-order chi connectivity index (χ0) is 30.3. The Bertz CT molecular complexity index is 1460. The Morgan fingerprint density at radius 1 is 0.929 bits per heavy atom. The molecule has 0 saturated heterocycles. The van der Waals surface area contributed by atoms with Crippen molar-refractivity contribution >= 4 is 22.2 Å². The third kappa shape index (κ3) is 6.79. The highest BCUT2D eigenvalue weighted by Crippen LogP contribution is 2.44. The van der Waals surface area contributed by atoms with E-state index < -0.39 is 39.0 Å². The molecular formula is C31H33F2NO7S. The fraction of sp³-hybridized carbons (Fsp3) is 0.355. The summed E-state index contributed by atoms with van der Waals surface area (Å²) in [4.78, 5) is 25.2. The SMILES string of the molecule is CCCCCOS(=O)(=O)C(F)(F)c1ccc(C[C@H](NC(=O)OCC2c3ccccc3-c3ccccc32)C(=O)OC)cc1. The van der Waals surface area contributed by atoms with Crippen LogP contribution in [0.1, 0.15) is 54.4 Å². The standard InChI is InChI=1S/C31H33F2NO7S/c1-3-4-9-18-41-42(37,38)31(32,33)22-16-14-21(15-17-22)19-28(29(35)39-2)34-30(36)40-20-27-25-12-7-5-10-23(25)24-11-6-8-13-26(24)27/h5-8,10-17,27-28H,3-4,9,18-20H2,1-2H3,(H,34,36)/t28-/m0/s1. The summed E-state index contributed by atoms with van der Waals surface area (Å²) in [7, 11) is -4.04. The van der Waals surface area contributed by atoms with Gasteiger partial charge in [-0.3, -0.25) is 4.18 Å². The molecule has 3 aromatic carbocycles. The first-order valence-electron chi connectivity index (χ1n) is 13.6. The van der Waals surface area contributed by atoms with E-state index in [4.69, 9.17) is 9.47 Å². The molecule has 1 amide bonds. The molecule has 0 aromatic heterocycles. The van der Waals surface area contributed by atoms with Crippen molar-refractivity contribution in [3.8, 4) is 11.1 Å². The number of ether oxygens (including phenoxy) is 2. The van der Waals surface area contributed by atoms with Crippen LogP contribution < -0.4 is 5.32 Å². The molecule has 224 valence electrons. The molecule has 42 heavy (non-hydrogen) atoms. The number of rotatable bonds is 13. The second kappa shape index (κ2) is 13.4. The van der Waals surface area contributed by atoms with E-state index in [-0.39, 0.29) is 25.6 Å². The van der Waals surface area contributed by atoms with Crippen LogP contribution >= 0.6 is 0 Å². The number of halogens is 2. The fourth-order valence-electron chi connectivity index (χ4n) is 4.93. The van der Waals surface area contributed by atoms with Crippen molar-refractivity contribution in [2.45, 2.75) is 49.8 Å². The van der Waals surface area contributed by atoms with Crippen molar-refractivity contribution in [2.24, 2.45) is 0 Å². The maximum atomic E-state index is 14.7. The van der Waals surface area contributed by atoms with Crippen molar-refractivity contribution in [1.29, 1.82) is 0 Å². The van der Waals surface area contributed by atoms with Crippen molar-refractivity contribution in [2.75, 3.05) is 20.3 Å². The lowest BCUT2D eigenvalue weighted by Gasteiger charge is -2.19. The van der Waals surface area contributed by atoms with Crippen molar-refractivity contribution < 1.29 is 40.4 Å². The Kier molecular flexibility index (Phi) is 9.95. The topological polar surface area (TPSA) is 108 Å². The molecule has 3 aromatic rings. The van der Waals surface area contributed by atoms with Gasteiger partial charge in [-0.1, -0.05) is 92.6 Å². The number of methoxy groups -OCH3 is 1. The van der Waals surface area contributed by atoms with Gasteiger partial charge in [0.15, 0.2) is 0 Å². The van der Waals surface area contributed by atoms with Crippen LogP contribution in [0.4, 0.5) is 13.6 Å². The van der Waals surface area contributed by atoms with Gasteiger partial charge in [0.1, 0.15) is 12.6 Å². The third-order valence-corrected chi connectivity index (χ3v) is 8.49. The largest absolute Gasteiger partial charge is 0.467 e. The van der Waals surface area contributed by atoms with Gasteiger partial charge in [0.25, 0.3) is 0 Å². The summed E-state index contributed by atoms with van der Waals surface area (Å²) < 4.78 is 68.6. The first-order chi connectivity index (χ1) is 20.1. The van der Waals surface area contributed by atoms with Crippen LogP contribution in [0.15, 0.2) is 72.8 Å². The van der Waals surface area contributed by atoms with Gasteiger partial charge in [-0.15, -0.1) is 0 Å². The lowest BCUT2D eigenvalue weighted by Crippen LogP contribution is -2.43. The highest BCUT2D eigenvalue weighted by Gasteiger charge is 2.48. The number of fused-ring (bicyclic) bond motifs is 3. The lowest BCUT2D eigenvalue weighted by atomic mass is 9.98. The molecular weight excluding hydrogens is 568 g/mol. The Labute approximate surface area is 244 Å². The number of alkyl carbamates (subject to hydrolysis) is 1. The monoisotopic (exact) mass is 601 g/mol. The van der Waals surface area contributed by atoms with E-state index in [1.165, 1.54) is 12.1 Å². The first kappa shape index (κ1) is 31.1. The Balaban J connectivity index is 1.40. The Morgan fingerprint density at radius 3 is 2.10 bits per heavy atom. The summed E-state index contributed by atoms with van der Waals surface area (Å²) in [6.07, 6.45) is 0.826. The molecule has 1 N–H and O–H groups in total. The molecule has 11 heteroatoms. The summed E-state index contributed by atoms with van der Waals surface area (Å²) in [5.41, 5.74) is 3.80. The molecule has 1 aliphatic rings. The lowest BCUT2D eigenvalue weighted by molar-refractivity contribution is -0.143. The molecule has 0 aliphatic heterocycles. The van der Waals surface area contributed by atoms with Gasteiger partial charge in [-0.2, -0.15) is 17.2 Å². The van der Waals surface area contributed by atoms with Gasteiger partial charge in [-0.05, 0) is 34.2 Å². The normalized spacial score (nSPS) is 13.6. The quantitative estimate of drug-likeness (QED) is 0.148. The second-order valence-corrected chi connectivity index (χ2v) is 11.6. The second-order valence-electron chi connectivity index (χ2n) is 9.95. The number of carbonyl (C=O) groups is 2. The highest BCUT2D eigenvalue weighted by molar-refractivity contribution is 7.87. The average molecular weight is 602 g/mol. The van der Waals surface area contributed by atoms with Crippen molar-refractivity contribution in [1.82, 2.24) is 5.32 Å². The van der Waals surface area contributed by atoms with E-state index in [1.807, 2.05) is 55.5 Å². The number of hydrogen-bond acceptors (Lipinski definition) is 7. The molecule has 0 bridgehead atoms. The van der Waals surface area contributed by atoms with Gasteiger partial charge in [0.2, 0.25) is 0 Å². The number of carbonyl (C=O) groups excluding carboxylic acids is 2. The maximum Gasteiger partial charge on any atom is 0.407 e. The van der Waals surface area contributed by atoms with E-state index in [0.29, 0.717) is 18.4 Å². The maximum absolute atomic E-state index is 14.7. The first-order valence-corrected chi connectivity index (χ1v) is 15.1. The molecule has 1 aliphatic carbocycles. The van der Waals surface area contributed by atoms with Crippen LogP contribution in [0.25, 0.3) is 11.1 Å². The van der Waals surface area contributed by atoms with Crippen LogP contribution in [0.2, 0.25) is 0 Å². The number of nitrogens with one attached hydrogen (secondary N) is 1. The third-order valence-electron chi connectivity index (χ3n) is 7.15. The Morgan fingerprint density at radius 2 is 1.52 bits per heavy atom. The highest BCUT2D eigenvalue weighted by atomic mass is 32.2. The summed E-state index contributed by atoms with van der Waals surface area (Å²) in [6, 6.07) is 18.9. The van der Waals surface area contributed by atoms with Gasteiger partial charge in [0, 0.05) is 17.9 Å². The number of amides is 1. The molecule has 1 atom stereocenters. The molecule has 0 heterocycles. The van der Waals surface area contributed by atoms with E-state index in [2.05, 4.69) is 9.50 Å². The predicted octanol–water partition coefficient (Wildman–Crippen LogP) is 5.90. The van der Waals surface area contributed by atoms with Crippen LogP contribution in [-0.2, 0) is 40.2 Å². The number of hydrogen-bond donors (Lipinski definition) is 1. The van der Waals surface area contributed by atoms with E-state index in [1.54, 1.807) is 0 Å². The predicted molar refractivity (Wildman–Crippen MR) is 152 cm³/mol. The summed E-state index contributed by atoms with van der Waals surface area (Å²) in [5, 5.41) is -1.77. The zero-order valence-corrected chi connectivity index (χ0v) is 24.2. The molecule has 0 unspecified atom stereocenters. The molecule has 4 rings (SSSR count). The number of unbranched alkanes of at least 4 members (excludes halogenated alkanes) is 2. The van der Waals surface area contributed by atoms with Crippen molar-refractivity contribution in [3.63, 3.8) is 0 Å². The summed E-state index contributed by atoms with van der Waals surface area (Å²) in [5.74, 6) is -0.943. The van der Waals surface area contributed by atoms with E-state index in [0.717, 1.165) is 47.9 Å². The van der Waals surface area contributed by atoms with Crippen LogP contribution in [0.5, 0.6) is 0 Å². The molecule has 0 radical (unpaired) electrons. The Hall–Kier alpha value is -3.83. The minimum Gasteiger partial charge on any atom is -0.467 e. The van der Waals surface area contributed by atoms with Crippen molar-refractivity contribution in [3.05, 3.63) is 95.1 Å². The average Bonchev–Trinajstić information content (AvgIpc) is 3.31. The molecule has 8 nitrogen and oxygen atoms in total. The van der Waals surface area contributed by atoms with Gasteiger partial charge in [0.05, 0.1) is 13.7 Å². The van der Waals surface area contributed by atoms with E-state index >= 15 is 0 Å². The number of esters is 1. The fourth-order valence-corrected chi connectivity index (χ4v) is 5.84. The zero-order valence-electron chi connectivity index (χ0n) is 23.3. The summed E-state index contributed by atoms with van der Waals surface area (Å²) in [6.45, 7) is 1.60. The van der Waals surface area contributed by atoms with Gasteiger partial charge >= 0.3 is 27.4 Å². The van der Waals surface area contributed by atoms with Crippen LogP contribution in [0.3, 0.4) is 0 Å². The number of alkyl halides is 2. The minimum atomic E-state index is -5.19. The van der Waals surface area contributed by atoms with Gasteiger partial charge in [-0.25, -0.2) is 9.59 Å². The smallest absolute Gasteiger partial charge is 0.407 e. The molecule has 0 saturated carbocycles. The van der Waals surface area contributed by atoms with Gasteiger partial charge < -0.3 is 14.8 Å². The molecule has 0 spiro atoms. The van der Waals surface area contributed by atoms with Crippen LogP contribution in [0, 0.1) is 0 Å².